The Balaban J connectivity index is 1.71. The first-order valence-corrected chi connectivity index (χ1v) is 10.2. The van der Waals surface area contributed by atoms with Crippen LogP contribution in [0.3, 0.4) is 0 Å². The van der Waals surface area contributed by atoms with Gasteiger partial charge in [-0.15, -0.1) is 5.10 Å². The first-order valence-electron chi connectivity index (χ1n) is 9.17. The molecule has 7 nitrogen and oxygen atoms in total. The summed E-state index contributed by atoms with van der Waals surface area (Å²) < 4.78 is 7.30. The number of ether oxygens (including phenoxy) is 1. The number of hydrogen-bond acceptors (Lipinski definition) is 6. The number of amides is 1. The number of nitrogens with zero attached hydrogens (tertiary/aromatic N) is 5. The number of likely N-dealkylation sites (tertiary alicyclic amines) is 1. The largest absolute Gasteiger partial charge is 0.492 e. The third-order valence-corrected chi connectivity index (χ3v) is 5.48. The van der Waals surface area contributed by atoms with Gasteiger partial charge in [0.1, 0.15) is 11.4 Å². The van der Waals surface area contributed by atoms with Gasteiger partial charge in [-0.3, -0.25) is 4.79 Å². The van der Waals surface area contributed by atoms with E-state index >= 15 is 0 Å². The van der Waals surface area contributed by atoms with E-state index in [2.05, 4.69) is 22.4 Å². The van der Waals surface area contributed by atoms with Gasteiger partial charge >= 0.3 is 0 Å². The van der Waals surface area contributed by atoms with Gasteiger partial charge in [0.2, 0.25) is 11.1 Å². The molecule has 1 saturated heterocycles. The molecule has 2 aromatic rings. The minimum Gasteiger partial charge on any atom is -0.492 e. The molecule has 0 radical (unpaired) electrons. The summed E-state index contributed by atoms with van der Waals surface area (Å²) in [5, 5.41) is 12.5. The summed E-state index contributed by atoms with van der Waals surface area (Å²) in [5.74, 6) is 1.22. The second-order valence-electron chi connectivity index (χ2n) is 6.21. The van der Waals surface area contributed by atoms with Crippen LogP contribution in [0.15, 0.2) is 29.4 Å². The Kier molecular flexibility index (Phi) is 6.49. The van der Waals surface area contributed by atoms with E-state index in [1.54, 1.807) is 4.68 Å². The van der Waals surface area contributed by atoms with E-state index in [4.69, 9.17) is 4.74 Å². The van der Waals surface area contributed by atoms with Crippen LogP contribution in [0.1, 0.15) is 39.5 Å². The molecule has 0 saturated carbocycles. The van der Waals surface area contributed by atoms with E-state index in [1.165, 1.54) is 18.2 Å². The van der Waals surface area contributed by atoms with Crippen LogP contribution in [0, 0.1) is 0 Å². The predicted octanol–water partition coefficient (Wildman–Crippen LogP) is 2.94. The standard InChI is InChI=1S/C18H25N5O2S/c1-3-14-9-7-8-12-22(14)17(24)13-26-18-19-20-21-23(18)15-10-5-6-11-16(15)25-4-2/h5-6,10-11,14H,3-4,7-9,12-13H2,1-2H3/t14-/m0/s1. The van der Waals surface area contributed by atoms with Crippen molar-refractivity contribution in [2.45, 2.75) is 50.7 Å². The Morgan fingerprint density at radius 3 is 2.96 bits per heavy atom. The van der Waals surface area contributed by atoms with E-state index in [9.17, 15) is 4.79 Å². The number of rotatable bonds is 7. The number of benzene rings is 1. The molecule has 1 fully saturated rings. The highest BCUT2D eigenvalue weighted by Gasteiger charge is 2.25. The zero-order valence-electron chi connectivity index (χ0n) is 15.3. The van der Waals surface area contributed by atoms with E-state index < -0.39 is 0 Å². The van der Waals surface area contributed by atoms with Crippen LogP contribution in [0.25, 0.3) is 5.69 Å². The molecule has 1 aromatic heterocycles. The van der Waals surface area contributed by atoms with Crippen LogP contribution in [0.5, 0.6) is 5.75 Å². The Morgan fingerprint density at radius 2 is 2.15 bits per heavy atom. The zero-order chi connectivity index (χ0) is 18.4. The number of thioether (sulfide) groups is 1. The lowest BCUT2D eigenvalue weighted by Gasteiger charge is -2.35. The maximum absolute atomic E-state index is 12.7. The number of aromatic nitrogens is 4. The van der Waals surface area contributed by atoms with E-state index in [0.29, 0.717) is 23.6 Å². The molecule has 0 bridgehead atoms. The van der Waals surface area contributed by atoms with E-state index in [1.807, 2.05) is 36.1 Å². The van der Waals surface area contributed by atoms with Gasteiger partial charge in [0.15, 0.2) is 0 Å². The number of hydrogen-bond donors (Lipinski definition) is 0. The SMILES string of the molecule is CCOc1ccccc1-n1nnnc1SCC(=O)N1CCCC[C@@H]1CC. The van der Waals surface area contributed by atoms with Gasteiger partial charge in [-0.05, 0) is 55.2 Å². The maximum atomic E-state index is 12.7. The molecule has 0 aliphatic carbocycles. The molecular formula is C18H25N5O2S. The maximum Gasteiger partial charge on any atom is 0.233 e. The van der Waals surface area contributed by atoms with Crippen molar-refractivity contribution < 1.29 is 9.53 Å². The van der Waals surface area contributed by atoms with Crippen LogP contribution >= 0.6 is 11.8 Å². The molecule has 1 aromatic carbocycles. The normalized spacial score (nSPS) is 17.3. The lowest BCUT2D eigenvalue weighted by molar-refractivity contribution is -0.132. The summed E-state index contributed by atoms with van der Waals surface area (Å²) in [7, 11) is 0. The highest BCUT2D eigenvalue weighted by molar-refractivity contribution is 7.99. The number of carbonyl (C=O) groups is 1. The summed E-state index contributed by atoms with van der Waals surface area (Å²) in [6, 6.07) is 7.99. The Morgan fingerprint density at radius 1 is 1.31 bits per heavy atom. The molecule has 2 heterocycles. The molecule has 1 aliphatic rings. The lowest BCUT2D eigenvalue weighted by Crippen LogP contribution is -2.44. The molecule has 3 rings (SSSR count). The second-order valence-corrected chi connectivity index (χ2v) is 7.15. The van der Waals surface area contributed by atoms with Gasteiger partial charge in [0.25, 0.3) is 0 Å². The fourth-order valence-electron chi connectivity index (χ4n) is 3.29. The minimum atomic E-state index is 0.161. The van der Waals surface area contributed by atoms with Gasteiger partial charge in [-0.25, -0.2) is 0 Å². The van der Waals surface area contributed by atoms with Crippen LogP contribution in [-0.4, -0.2) is 56.0 Å². The average Bonchev–Trinajstić information content (AvgIpc) is 3.15. The summed E-state index contributed by atoms with van der Waals surface area (Å²) in [6.07, 6.45) is 4.41. The number of para-hydroxylation sites is 2. The Hall–Kier alpha value is -2.09. The lowest BCUT2D eigenvalue weighted by atomic mass is 10.0. The molecule has 8 heteroatoms. The van der Waals surface area contributed by atoms with Crippen LogP contribution < -0.4 is 4.74 Å². The first-order chi connectivity index (χ1) is 12.7. The quantitative estimate of drug-likeness (QED) is 0.693. The fourth-order valence-corrected chi connectivity index (χ4v) is 4.06. The molecule has 0 N–H and O–H groups in total. The van der Waals surface area contributed by atoms with Gasteiger partial charge in [0, 0.05) is 12.6 Å². The molecular weight excluding hydrogens is 350 g/mol. The predicted molar refractivity (Wildman–Crippen MR) is 101 cm³/mol. The monoisotopic (exact) mass is 375 g/mol. The summed E-state index contributed by atoms with van der Waals surface area (Å²) in [5.41, 5.74) is 0.777. The van der Waals surface area contributed by atoms with E-state index in [-0.39, 0.29) is 5.91 Å². The van der Waals surface area contributed by atoms with Crippen molar-refractivity contribution in [3.8, 4) is 11.4 Å². The number of piperidine rings is 1. The van der Waals surface area contributed by atoms with Gasteiger partial charge in [0.05, 0.1) is 12.4 Å². The molecule has 26 heavy (non-hydrogen) atoms. The van der Waals surface area contributed by atoms with Crippen LogP contribution in [0.4, 0.5) is 0 Å². The smallest absolute Gasteiger partial charge is 0.233 e. The van der Waals surface area contributed by atoms with Crippen LogP contribution in [-0.2, 0) is 4.79 Å². The van der Waals surface area contributed by atoms with Gasteiger partial charge in [-0.2, -0.15) is 4.68 Å². The van der Waals surface area contributed by atoms with Crippen molar-refractivity contribution in [1.29, 1.82) is 0 Å². The molecule has 1 amide bonds. The highest BCUT2D eigenvalue weighted by Crippen LogP contribution is 2.27. The second kappa shape index (κ2) is 9.02. The Bertz CT molecular complexity index is 736. The summed E-state index contributed by atoms with van der Waals surface area (Å²) in [4.78, 5) is 14.7. The van der Waals surface area contributed by atoms with Gasteiger partial charge < -0.3 is 9.64 Å². The van der Waals surface area contributed by atoms with Crippen molar-refractivity contribution in [2.75, 3.05) is 18.9 Å². The molecule has 0 spiro atoms. The van der Waals surface area contributed by atoms with Gasteiger partial charge in [-0.1, -0.05) is 30.8 Å². The molecule has 140 valence electrons. The average molecular weight is 375 g/mol. The number of carbonyl (C=O) groups excluding carboxylic acids is 1. The Labute approximate surface area is 158 Å². The highest BCUT2D eigenvalue weighted by atomic mass is 32.2. The third-order valence-electron chi connectivity index (χ3n) is 4.58. The van der Waals surface area contributed by atoms with Crippen molar-refractivity contribution >= 4 is 17.7 Å². The van der Waals surface area contributed by atoms with Crippen molar-refractivity contribution in [3.63, 3.8) is 0 Å². The van der Waals surface area contributed by atoms with Crippen molar-refractivity contribution in [2.24, 2.45) is 0 Å². The molecule has 1 aliphatic heterocycles. The topological polar surface area (TPSA) is 73.1 Å². The van der Waals surface area contributed by atoms with E-state index in [0.717, 1.165) is 37.2 Å². The van der Waals surface area contributed by atoms with Crippen molar-refractivity contribution in [1.82, 2.24) is 25.1 Å². The molecule has 0 unspecified atom stereocenters. The number of tetrazole rings is 1. The molecule has 1 atom stereocenters. The zero-order valence-corrected chi connectivity index (χ0v) is 16.1. The summed E-state index contributed by atoms with van der Waals surface area (Å²) >= 11 is 1.37. The minimum absolute atomic E-state index is 0.161. The van der Waals surface area contributed by atoms with Crippen LogP contribution in [0.2, 0.25) is 0 Å². The third kappa shape index (κ3) is 4.17. The van der Waals surface area contributed by atoms with Crippen molar-refractivity contribution in [3.05, 3.63) is 24.3 Å². The summed E-state index contributed by atoms with van der Waals surface area (Å²) in [6.45, 7) is 5.51. The first kappa shape index (κ1) is 18.7. The fraction of sp³-hybridized carbons (Fsp3) is 0.556.